The van der Waals surface area contributed by atoms with Crippen molar-refractivity contribution in [2.45, 2.75) is 84.3 Å². The predicted octanol–water partition coefficient (Wildman–Crippen LogP) is 4.14. The van der Waals surface area contributed by atoms with E-state index in [1.54, 1.807) is 0 Å². The molecule has 0 aromatic heterocycles. The fourth-order valence-electron chi connectivity index (χ4n) is 3.22. The third-order valence-corrected chi connectivity index (χ3v) is 4.19. The molecule has 1 aliphatic rings. The van der Waals surface area contributed by atoms with Gasteiger partial charge in [-0.1, -0.05) is 33.6 Å². The number of rotatable bonds is 9. The van der Waals surface area contributed by atoms with E-state index in [1.807, 2.05) is 0 Å². The molecule has 0 saturated heterocycles. The monoisotopic (exact) mass is 255 g/mol. The highest BCUT2D eigenvalue weighted by atomic mass is 16.5. The molecule has 0 heterocycles. The molecule has 0 amide bonds. The van der Waals surface area contributed by atoms with Crippen molar-refractivity contribution in [2.75, 3.05) is 13.2 Å². The number of hydrogen-bond acceptors (Lipinski definition) is 2. The first-order valence-corrected chi connectivity index (χ1v) is 8.02. The first-order valence-electron chi connectivity index (χ1n) is 8.02. The Morgan fingerprint density at radius 1 is 1.11 bits per heavy atom. The first-order chi connectivity index (χ1) is 8.64. The molecule has 108 valence electrons. The van der Waals surface area contributed by atoms with Crippen molar-refractivity contribution in [1.29, 1.82) is 0 Å². The molecular formula is C16H33NO. The highest BCUT2D eigenvalue weighted by Gasteiger charge is 2.41. The smallest absolute Gasteiger partial charge is 0.0834 e. The molecule has 18 heavy (non-hydrogen) atoms. The van der Waals surface area contributed by atoms with Crippen LogP contribution in [0, 0.1) is 5.92 Å². The first kappa shape index (κ1) is 16.0. The van der Waals surface area contributed by atoms with Crippen LogP contribution in [0.2, 0.25) is 0 Å². The molecule has 2 nitrogen and oxygen atoms in total. The van der Waals surface area contributed by atoms with Gasteiger partial charge in [0, 0.05) is 12.6 Å². The molecule has 1 atom stereocenters. The summed E-state index contributed by atoms with van der Waals surface area (Å²) in [6.07, 6.45) is 8.95. The summed E-state index contributed by atoms with van der Waals surface area (Å²) in [6, 6.07) is 0.558. The van der Waals surface area contributed by atoms with Gasteiger partial charge in [-0.15, -0.1) is 0 Å². The van der Waals surface area contributed by atoms with Crippen LogP contribution in [0.5, 0.6) is 0 Å². The lowest BCUT2D eigenvalue weighted by molar-refractivity contribution is -0.0640. The quantitative estimate of drug-likeness (QED) is 0.668. The fourth-order valence-corrected chi connectivity index (χ4v) is 3.22. The second kappa shape index (κ2) is 8.16. The van der Waals surface area contributed by atoms with Gasteiger partial charge in [-0.25, -0.2) is 0 Å². The van der Waals surface area contributed by atoms with E-state index in [1.165, 1.54) is 44.9 Å². The summed E-state index contributed by atoms with van der Waals surface area (Å²) in [4.78, 5) is 0. The summed E-state index contributed by atoms with van der Waals surface area (Å²) in [5.74, 6) is 0.788. The molecule has 0 spiro atoms. The number of hydrogen-bond donors (Lipinski definition) is 1. The van der Waals surface area contributed by atoms with E-state index in [-0.39, 0.29) is 5.60 Å². The molecule has 1 unspecified atom stereocenters. The molecule has 1 saturated carbocycles. The average Bonchev–Trinajstić information content (AvgIpc) is 2.79. The molecular weight excluding hydrogens is 222 g/mol. The van der Waals surface area contributed by atoms with Gasteiger partial charge in [0.15, 0.2) is 0 Å². The van der Waals surface area contributed by atoms with E-state index in [9.17, 15) is 0 Å². The molecule has 1 aliphatic carbocycles. The van der Waals surface area contributed by atoms with Gasteiger partial charge in [0.1, 0.15) is 0 Å². The zero-order chi connectivity index (χ0) is 13.4. The van der Waals surface area contributed by atoms with Crippen LogP contribution in [0.1, 0.15) is 72.6 Å². The summed E-state index contributed by atoms with van der Waals surface area (Å²) in [5, 5.41) is 3.77. The van der Waals surface area contributed by atoms with Gasteiger partial charge in [0.25, 0.3) is 0 Å². The molecule has 0 radical (unpaired) electrons. The predicted molar refractivity (Wildman–Crippen MR) is 79.0 cm³/mol. The van der Waals surface area contributed by atoms with Crippen molar-refractivity contribution in [3.63, 3.8) is 0 Å². The van der Waals surface area contributed by atoms with Crippen LogP contribution in [0.3, 0.4) is 0 Å². The van der Waals surface area contributed by atoms with Crippen LogP contribution in [0.4, 0.5) is 0 Å². The van der Waals surface area contributed by atoms with Gasteiger partial charge >= 0.3 is 0 Å². The summed E-state index contributed by atoms with van der Waals surface area (Å²) < 4.78 is 6.22. The van der Waals surface area contributed by atoms with E-state index in [2.05, 4.69) is 33.0 Å². The van der Waals surface area contributed by atoms with Crippen LogP contribution in [-0.4, -0.2) is 24.8 Å². The van der Waals surface area contributed by atoms with Crippen LogP contribution >= 0.6 is 0 Å². The Hall–Kier alpha value is -0.0800. The summed E-state index contributed by atoms with van der Waals surface area (Å²) in [7, 11) is 0. The van der Waals surface area contributed by atoms with Gasteiger partial charge in [0.2, 0.25) is 0 Å². The third-order valence-electron chi connectivity index (χ3n) is 4.19. The molecule has 0 aromatic rings. The van der Waals surface area contributed by atoms with Gasteiger partial charge in [0.05, 0.1) is 5.60 Å². The van der Waals surface area contributed by atoms with Gasteiger partial charge in [-0.05, 0) is 51.5 Å². The summed E-state index contributed by atoms with van der Waals surface area (Å²) in [6.45, 7) is 11.0. The van der Waals surface area contributed by atoms with Gasteiger partial charge in [-0.3, -0.25) is 0 Å². The van der Waals surface area contributed by atoms with Crippen molar-refractivity contribution in [1.82, 2.24) is 5.32 Å². The van der Waals surface area contributed by atoms with E-state index in [4.69, 9.17) is 4.74 Å². The van der Waals surface area contributed by atoms with Crippen LogP contribution in [-0.2, 0) is 4.74 Å². The molecule has 1 rings (SSSR count). The molecule has 0 aromatic carbocycles. The molecule has 0 aliphatic heterocycles. The Bertz CT molecular complexity index is 209. The Labute approximate surface area is 114 Å². The third kappa shape index (κ3) is 4.55. The summed E-state index contributed by atoms with van der Waals surface area (Å²) in [5.41, 5.74) is 0.138. The van der Waals surface area contributed by atoms with Crippen LogP contribution in [0.15, 0.2) is 0 Å². The number of nitrogens with one attached hydrogen (secondary N) is 1. The fraction of sp³-hybridized carbons (Fsp3) is 1.00. The zero-order valence-corrected chi connectivity index (χ0v) is 12.9. The molecule has 2 heteroatoms. The largest absolute Gasteiger partial charge is 0.374 e. The molecule has 1 N–H and O–H groups in total. The maximum Gasteiger partial charge on any atom is 0.0834 e. The van der Waals surface area contributed by atoms with Crippen molar-refractivity contribution in [3.8, 4) is 0 Å². The van der Waals surface area contributed by atoms with Crippen LogP contribution < -0.4 is 5.32 Å². The minimum absolute atomic E-state index is 0.138. The average molecular weight is 255 g/mol. The zero-order valence-electron chi connectivity index (χ0n) is 12.9. The van der Waals surface area contributed by atoms with Crippen molar-refractivity contribution in [2.24, 2.45) is 5.92 Å². The Balaban J connectivity index is 2.64. The molecule has 1 fully saturated rings. The second-order valence-electron chi connectivity index (χ2n) is 6.18. The highest BCUT2D eigenvalue weighted by Crippen LogP contribution is 2.38. The minimum Gasteiger partial charge on any atom is -0.374 e. The van der Waals surface area contributed by atoms with Gasteiger partial charge in [-0.2, -0.15) is 0 Å². The minimum atomic E-state index is 0.138. The lowest BCUT2D eigenvalue weighted by Crippen LogP contribution is -2.51. The highest BCUT2D eigenvalue weighted by molar-refractivity contribution is 4.97. The van der Waals surface area contributed by atoms with E-state index in [0.29, 0.717) is 6.04 Å². The second-order valence-corrected chi connectivity index (χ2v) is 6.18. The van der Waals surface area contributed by atoms with E-state index < -0.39 is 0 Å². The van der Waals surface area contributed by atoms with Gasteiger partial charge < -0.3 is 10.1 Å². The summed E-state index contributed by atoms with van der Waals surface area (Å²) >= 11 is 0. The standard InChI is InChI=1S/C16H33NO/c1-5-13-17-15(10-9-14(3)4)16(18-6-2)11-7-8-12-16/h14-15,17H,5-13H2,1-4H3. The van der Waals surface area contributed by atoms with Crippen LogP contribution in [0.25, 0.3) is 0 Å². The maximum atomic E-state index is 6.22. The van der Waals surface area contributed by atoms with Crippen molar-refractivity contribution < 1.29 is 4.74 Å². The normalized spacial score (nSPS) is 20.5. The lowest BCUT2D eigenvalue weighted by atomic mass is 9.86. The maximum absolute atomic E-state index is 6.22. The van der Waals surface area contributed by atoms with Crippen molar-refractivity contribution >= 4 is 0 Å². The number of ether oxygens (including phenoxy) is 1. The SMILES string of the molecule is CCCNC(CCC(C)C)C1(OCC)CCCC1. The van der Waals surface area contributed by atoms with E-state index in [0.717, 1.165) is 19.1 Å². The Morgan fingerprint density at radius 3 is 2.28 bits per heavy atom. The van der Waals surface area contributed by atoms with E-state index >= 15 is 0 Å². The van der Waals surface area contributed by atoms with Crippen molar-refractivity contribution in [3.05, 3.63) is 0 Å². The molecule has 0 bridgehead atoms. The topological polar surface area (TPSA) is 21.3 Å². The Kier molecular flexibility index (Phi) is 7.25. The Morgan fingerprint density at radius 2 is 1.78 bits per heavy atom. The lowest BCUT2D eigenvalue weighted by Gasteiger charge is -2.38.